The summed E-state index contributed by atoms with van der Waals surface area (Å²) < 4.78 is 4.67. The zero-order chi connectivity index (χ0) is 14.7. The molecule has 0 bridgehead atoms. The van der Waals surface area contributed by atoms with Crippen LogP contribution in [-0.2, 0) is 4.74 Å². The van der Waals surface area contributed by atoms with Gasteiger partial charge in [0, 0.05) is 5.56 Å². The van der Waals surface area contributed by atoms with Crippen molar-refractivity contribution in [3.05, 3.63) is 59.2 Å². The minimum absolute atomic E-state index is 0.0250. The average Bonchev–Trinajstić information content (AvgIpc) is 2.46. The molecule has 0 saturated heterocycles. The number of aryl methyl sites for hydroxylation is 1. The lowest BCUT2D eigenvalue weighted by molar-refractivity contribution is 0.0600. The number of carbonyl (C=O) groups is 2. The maximum absolute atomic E-state index is 11.7. The van der Waals surface area contributed by atoms with E-state index in [2.05, 4.69) is 4.74 Å². The van der Waals surface area contributed by atoms with E-state index in [1.165, 1.54) is 7.11 Å². The Morgan fingerprint density at radius 1 is 1.00 bits per heavy atom. The van der Waals surface area contributed by atoms with Crippen molar-refractivity contribution >= 4 is 11.8 Å². The standard InChI is InChI=1S/C17H16O3/c1-11-4-9-15(12(2)18)16(10-11)13-5-7-14(8-6-13)17(19)20-3/h4-10H,1-3H3. The van der Waals surface area contributed by atoms with Crippen molar-refractivity contribution in [2.24, 2.45) is 0 Å². The number of methoxy groups -OCH3 is 1. The van der Waals surface area contributed by atoms with E-state index in [1.807, 2.05) is 37.3 Å². The van der Waals surface area contributed by atoms with Crippen molar-refractivity contribution in [1.82, 2.24) is 0 Å². The van der Waals surface area contributed by atoms with E-state index in [0.717, 1.165) is 16.7 Å². The fourth-order valence-corrected chi connectivity index (χ4v) is 2.11. The highest BCUT2D eigenvalue weighted by Crippen LogP contribution is 2.26. The maximum atomic E-state index is 11.7. The zero-order valence-corrected chi connectivity index (χ0v) is 11.8. The second-order valence-corrected chi connectivity index (χ2v) is 4.67. The summed E-state index contributed by atoms with van der Waals surface area (Å²) in [5.74, 6) is -0.343. The van der Waals surface area contributed by atoms with Gasteiger partial charge in [0.25, 0.3) is 0 Å². The van der Waals surface area contributed by atoms with E-state index >= 15 is 0 Å². The summed E-state index contributed by atoms with van der Waals surface area (Å²) in [7, 11) is 1.35. The van der Waals surface area contributed by atoms with Gasteiger partial charge in [-0.05, 0) is 37.1 Å². The fourth-order valence-electron chi connectivity index (χ4n) is 2.11. The Bertz CT molecular complexity index is 654. The number of ketones is 1. The molecule has 0 aliphatic rings. The first-order valence-electron chi connectivity index (χ1n) is 6.33. The molecule has 0 atom stereocenters. The first-order chi connectivity index (χ1) is 9.52. The van der Waals surface area contributed by atoms with Crippen LogP contribution in [0, 0.1) is 6.92 Å². The van der Waals surface area contributed by atoms with Crippen LogP contribution in [0.25, 0.3) is 11.1 Å². The van der Waals surface area contributed by atoms with Crippen molar-refractivity contribution in [1.29, 1.82) is 0 Å². The number of Topliss-reactive ketones (excluding diaryl/α,β-unsaturated/α-hetero) is 1. The third kappa shape index (κ3) is 2.77. The van der Waals surface area contributed by atoms with Crippen molar-refractivity contribution in [2.75, 3.05) is 7.11 Å². The van der Waals surface area contributed by atoms with Crippen molar-refractivity contribution in [3.8, 4) is 11.1 Å². The molecule has 0 radical (unpaired) electrons. The normalized spacial score (nSPS) is 10.2. The molecule has 0 spiro atoms. The minimum atomic E-state index is -0.368. The third-order valence-electron chi connectivity index (χ3n) is 3.17. The Kier molecular flexibility index (Phi) is 3.99. The molecular weight excluding hydrogens is 252 g/mol. The molecule has 2 rings (SSSR count). The number of benzene rings is 2. The van der Waals surface area contributed by atoms with Crippen LogP contribution >= 0.6 is 0 Å². The zero-order valence-electron chi connectivity index (χ0n) is 11.8. The van der Waals surface area contributed by atoms with E-state index < -0.39 is 0 Å². The molecule has 0 aliphatic carbocycles. The topological polar surface area (TPSA) is 43.4 Å². The smallest absolute Gasteiger partial charge is 0.337 e. The van der Waals surface area contributed by atoms with Crippen LogP contribution in [-0.4, -0.2) is 18.9 Å². The van der Waals surface area contributed by atoms with Crippen LogP contribution in [0.1, 0.15) is 33.2 Å². The Morgan fingerprint density at radius 2 is 1.65 bits per heavy atom. The predicted molar refractivity (Wildman–Crippen MR) is 78.0 cm³/mol. The molecule has 0 fully saturated rings. The lowest BCUT2D eigenvalue weighted by Crippen LogP contribution is -2.01. The van der Waals surface area contributed by atoms with Crippen LogP contribution in [0.4, 0.5) is 0 Å². The van der Waals surface area contributed by atoms with Crippen LogP contribution in [0.3, 0.4) is 0 Å². The Hall–Kier alpha value is -2.42. The molecule has 0 N–H and O–H groups in total. The third-order valence-corrected chi connectivity index (χ3v) is 3.17. The second-order valence-electron chi connectivity index (χ2n) is 4.67. The number of carbonyl (C=O) groups excluding carboxylic acids is 2. The summed E-state index contributed by atoms with van der Waals surface area (Å²) in [5, 5.41) is 0. The van der Waals surface area contributed by atoms with Gasteiger partial charge in [-0.1, -0.05) is 35.9 Å². The molecule has 3 nitrogen and oxygen atoms in total. The van der Waals surface area contributed by atoms with Gasteiger partial charge in [0.05, 0.1) is 12.7 Å². The SMILES string of the molecule is COC(=O)c1ccc(-c2cc(C)ccc2C(C)=O)cc1. The van der Waals surface area contributed by atoms with E-state index in [4.69, 9.17) is 0 Å². The lowest BCUT2D eigenvalue weighted by atomic mass is 9.95. The highest BCUT2D eigenvalue weighted by Gasteiger charge is 2.11. The number of esters is 1. The Morgan fingerprint density at radius 3 is 2.20 bits per heavy atom. The van der Waals surface area contributed by atoms with Crippen LogP contribution in [0.5, 0.6) is 0 Å². The maximum Gasteiger partial charge on any atom is 0.337 e. The van der Waals surface area contributed by atoms with E-state index in [0.29, 0.717) is 11.1 Å². The molecule has 102 valence electrons. The molecule has 0 saturated carbocycles. The van der Waals surface area contributed by atoms with Gasteiger partial charge < -0.3 is 4.74 Å². The summed E-state index contributed by atoms with van der Waals surface area (Å²) in [6.07, 6.45) is 0. The number of hydrogen-bond donors (Lipinski definition) is 0. The fraction of sp³-hybridized carbons (Fsp3) is 0.176. The van der Waals surface area contributed by atoms with Gasteiger partial charge in [-0.3, -0.25) is 4.79 Å². The summed E-state index contributed by atoms with van der Waals surface area (Å²) in [4.78, 5) is 23.1. The van der Waals surface area contributed by atoms with Gasteiger partial charge in [-0.15, -0.1) is 0 Å². The van der Waals surface area contributed by atoms with Crippen LogP contribution < -0.4 is 0 Å². The Balaban J connectivity index is 2.48. The lowest BCUT2D eigenvalue weighted by Gasteiger charge is -2.09. The molecule has 20 heavy (non-hydrogen) atoms. The first kappa shape index (κ1) is 14.0. The molecule has 0 amide bonds. The highest BCUT2D eigenvalue weighted by atomic mass is 16.5. The van der Waals surface area contributed by atoms with Crippen LogP contribution in [0.15, 0.2) is 42.5 Å². The van der Waals surface area contributed by atoms with Crippen LogP contribution in [0.2, 0.25) is 0 Å². The summed E-state index contributed by atoms with van der Waals surface area (Å²) in [6.45, 7) is 3.53. The summed E-state index contributed by atoms with van der Waals surface area (Å²) >= 11 is 0. The van der Waals surface area contributed by atoms with Gasteiger partial charge in [0.1, 0.15) is 0 Å². The number of ether oxygens (including phenoxy) is 1. The van der Waals surface area contributed by atoms with Gasteiger partial charge in [0.2, 0.25) is 0 Å². The van der Waals surface area contributed by atoms with Gasteiger partial charge in [-0.2, -0.15) is 0 Å². The monoisotopic (exact) mass is 268 g/mol. The van der Waals surface area contributed by atoms with E-state index in [-0.39, 0.29) is 11.8 Å². The molecule has 0 heterocycles. The number of hydrogen-bond acceptors (Lipinski definition) is 3. The quantitative estimate of drug-likeness (QED) is 0.630. The minimum Gasteiger partial charge on any atom is -0.465 e. The van der Waals surface area contributed by atoms with E-state index in [1.54, 1.807) is 19.1 Å². The van der Waals surface area contributed by atoms with Crippen molar-refractivity contribution in [3.63, 3.8) is 0 Å². The highest BCUT2D eigenvalue weighted by molar-refractivity contribution is 6.01. The van der Waals surface area contributed by atoms with Gasteiger partial charge in [0.15, 0.2) is 5.78 Å². The van der Waals surface area contributed by atoms with Gasteiger partial charge >= 0.3 is 5.97 Å². The molecule has 3 heteroatoms. The molecule has 0 unspecified atom stereocenters. The van der Waals surface area contributed by atoms with E-state index in [9.17, 15) is 9.59 Å². The molecule has 0 aromatic heterocycles. The predicted octanol–water partition coefficient (Wildman–Crippen LogP) is 3.65. The second kappa shape index (κ2) is 5.70. The number of rotatable bonds is 3. The molecular formula is C17H16O3. The molecule has 2 aromatic rings. The Labute approximate surface area is 118 Å². The molecule has 0 aliphatic heterocycles. The molecule has 2 aromatic carbocycles. The van der Waals surface area contributed by atoms with Crippen molar-refractivity contribution < 1.29 is 14.3 Å². The summed E-state index contributed by atoms with van der Waals surface area (Å²) in [6, 6.07) is 12.8. The van der Waals surface area contributed by atoms with Gasteiger partial charge in [-0.25, -0.2) is 4.79 Å². The summed E-state index contributed by atoms with van der Waals surface area (Å²) in [5.41, 5.74) is 4.05. The first-order valence-corrected chi connectivity index (χ1v) is 6.33. The van der Waals surface area contributed by atoms with Crippen molar-refractivity contribution in [2.45, 2.75) is 13.8 Å². The largest absolute Gasteiger partial charge is 0.465 e. The average molecular weight is 268 g/mol.